The molecule has 1 N–H and O–H groups in total. The number of ketones is 1. The fourth-order valence-corrected chi connectivity index (χ4v) is 1.10. The fraction of sp³-hybridized carbons (Fsp3) is 0.500. The van der Waals surface area contributed by atoms with Crippen molar-refractivity contribution in [1.29, 1.82) is 0 Å². The highest BCUT2D eigenvalue weighted by Gasteiger charge is 2.34. The van der Waals surface area contributed by atoms with Crippen molar-refractivity contribution in [2.24, 2.45) is 0 Å². The van der Waals surface area contributed by atoms with Crippen molar-refractivity contribution in [3.8, 4) is 0 Å². The highest BCUT2D eigenvalue weighted by Crippen LogP contribution is 2.09. The molecule has 0 aliphatic rings. The maximum Gasteiger partial charge on any atom is 0.380 e. The third-order valence-electron chi connectivity index (χ3n) is 1.87. The van der Waals surface area contributed by atoms with Gasteiger partial charge >= 0.3 is 17.9 Å². The van der Waals surface area contributed by atoms with Gasteiger partial charge in [-0.25, -0.2) is 14.4 Å². The first-order chi connectivity index (χ1) is 9.40. The van der Waals surface area contributed by atoms with E-state index in [0.717, 1.165) is 0 Å². The Morgan fingerprint density at radius 2 is 1.15 bits per heavy atom. The van der Waals surface area contributed by atoms with Crippen LogP contribution in [0.1, 0.15) is 20.8 Å². The molecule has 0 bridgehead atoms. The van der Waals surface area contributed by atoms with Gasteiger partial charge in [-0.05, 0) is 20.8 Å². The van der Waals surface area contributed by atoms with Crippen molar-refractivity contribution in [2.75, 3.05) is 19.8 Å². The molecule has 0 rings (SSSR count). The summed E-state index contributed by atoms with van der Waals surface area (Å²) in [6.07, 6.45) is 0. The number of rotatable bonds is 7. The third kappa shape index (κ3) is 4.71. The number of carbonyl (C=O) groups excluding carboxylic acids is 4. The van der Waals surface area contributed by atoms with Gasteiger partial charge in [0.05, 0.1) is 19.8 Å². The lowest BCUT2D eigenvalue weighted by Gasteiger charge is -2.08. The number of hydrogen-bond donors (Lipinski definition) is 1. The summed E-state index contributed by atoms with van der Waals surface area (Å²) in [5, 5.41) is 9.57. The van der Waals surface area contributed by atoms with Crippen LogP contribution in [0.25, 0.3) is 0 Å². The zero-order valence-corrected chi connectivity index (χ0v) is 11.4. The van der Waals surface area contributed by atoms with Crippen molar-refractivity contribution in [3.05, 3.63) is 11.3 Å². The van der Waals surface area contributed by atoms with Gasteiger partial charge in [0.2, 0.25) is 5.76 Å². The summed E-state index contributed by atoms with van der Waals surface area (Å²) >= 11 is 0. The van der Waals surface area contributed by atoms with E-state index >= 15 is 0 Å². The zero-order chi connectivity index (χ0) is 15.7. The average molecular weight is 288 g/mol. The predicted molar refractivity (Wildman–Crippen MR) is 64.6 cm³/mol. The number of aliphatic hydroxyl groups is 1. The second-order valence-electron chi connectivity index (χ2n) is 3.21. The van der Waals surface area contributed by atoms with Crippen LogP contribution in [0, 0.1) is 0 Å². The number of esters is 3. The molecule has 0 aliphatic heterocycles. The average Bonchev–Trinajstić information content (AvgIpc) is 2.39. The van der Waals surface area contributed by atoms with E-state index < -0.39 is 35.0 Å². The van der Waals surface area contributed by atoms with Gasteiger partial charge in [-0.15, -0.1) is 0 Å². The Bertz CT molecular complexity index is 435. The minimum absolute atomic E-state index is 0.0907. The molecule has 0 saturated heterocycles. The lowest BCUT2D eigenvalue weighted by molar-refractivity contribution is -0.154. The first-order valence-corrected chi connectivity index (χ1v) is 5.89. The SMILES string of the molecule is CCOC(=O)C(=O)/C(C(=O)OCC)=C(\O)C(=O)OCC. The summed E-state index contributed by atoms with van der Waals surface area (Å²) < 4.78 is 13.4. The normalized spacial score (nSPS) is 11.2. The topological polar surface area (TPSA) is 116 Å². The second-order valence-corrected chi connectivity index (χ2v) is 3.21. The van der Waals surface area contributed by atoms with Crippen molar-refractivity contribution in [3.63, 3.8) is 0 Å². The highest BCUT2D eigenvalue weighted by molar-refractivity contribution is 6.47. The van der Waals surface area contributed by atoms with Crippen LogP contribution in [0.4, 0.5) is 0 Å². The van der Waals surface area contributed by atoms with Crippen molar-refractivity contribution >= 4 is 23.7 Å². The maximum absolute atomic E-state index is 11.7. The summed E-state index contributed by atoms with van der Waals surface area (Å²) in [6.45, 7) is 4.04. The van der Waals surface area contributed by atoms with Gasteiger partial charge < -0.3 is 19.3 Å². The van der Waals surface area contributed by atoms with Gasteiger partial charge in [0.15, 0.2) is 5.57 Å². The van der Waals surface area contributed by atoms with Gasteiger partial charge in [-0.3, -0.25) is 4.79 Å². The molecule has 112 valence electrons. The Labute approximate surface area is 115 Å². The number of ether oxygens (including phenoxy) is 3. The maximum atomic E-state index is 11.7. The van der Waals surface area contributed by atoms with E-state index in [9.17, 15) is 24.3 Å². The van der Waals surface area contributed by atoms with E-state index in [-0.39, 0.29) is 19.8 Å². The Kier molecular flexibility index (Phi) is 7.64. The molecule has 8 nitrogen and oxygen atoms in total. The largest absolute Gasteiger partial charge is 0.501 e. The molecule has 0 aromatic heterocycles. The van der Waals surface area contributed by atoms with Crippen LogP contribution in [0.2, 0.25) is 0 Å². The monoisotopic (exact) mass is 288 g/mol. The van der Waals surface area contributed by atoms with Crippen LogP contribution in [0.15, 0.2) is 11.3 Å². The molecule has 0 amide bonds. The minimum Gasteiger partial charge on any atom is -0.501 e. The first-order valence-electron chi connectivity index (χ1n) is 5.89. The summed E-state index contributed by atoms with van der Waals surface area (Å²) in [4.78, 5) is 45.9. The van der Waals surface area contributed by atoms with Gasteiger partial charge in [-0.2, -0.15) is 0 Å². The standard InChI is InChI=1S/C12H16O8/c1-4-18-10(15)7(8(13)11(16)19-5-2)9(14)12(17)20-6-3/h13H,4-6H2,1-3H3/b8-7+. The molecule has 8 heteroatoms. The van der Waals surface area contributed by atoms with Crippen LogP contribution >= 0.6 is 0 Å². The van der Waals surface area contributed by atoms with Gasteiger partial charge in [-0.1, -0.05) is 0 Å². The van der Waals surface area contributed by atoms with Crippen molar-refractivity contribution in [1.82, 2.24) is 0 Å². The minimum atomic E-state index is -1.48. The van der Waals surface area contributed by atoms with E-state index in [1.807, 2.05) is 0 Å². The van der Waals surface area contributed by atoms with Crippen LogP contribution < -0.4 is 0 Å². The summed E-state index contributed by atoms with van der Waals surface area (Å²) in [7, 11) is 0. The van der Waals surface area contributed by atoms with Gasteiger partial charge in [0.25, 0.3) is 5.78 Å². The van der Waals surface area contributed by atoms with E-state index in [1.165, 1.54) is 20.8 Å². The Morgan fingerprint density at radius 3 is 1.60 bits per heavy atom. The lowest BCUT2D eigenvalue weighted by Crippen LogP contribution is -2.28. The molecule has 0 aromatic rings. The molecule has 0 aromatic carbocycles. The number of hydrogen-bond acceptors (Lipinski definition) is 8. The van der Waals surface area contributed by atoms with Crippen LogP contribution in [-0.2, 0) is 33.4 Å². The fourth-order valence-electron chi connectivity index (χ4n) is 1.10. The van der Waals surface area contributed by atoms with E-state index in [1.54, 1.807) is 0 Å². The Morgan fingerprint density at radius 1 is 0.750 bits per heavy atom. The zero-order valence-electron chi connectivity index (χ0n) is 11.4. The molecule has 0 saturated carbocycles. The van der Waals surface area contributed by atoms with E-state index in [4.69, 9.17) is 0 Å². The molecule has 0 atom stereocenters. The molecule has 20 heavy (non-hydrogen) atoms. The Balaban J connectivity index is 5.54. The molecular formula is C12H16O8. The van der Waals surface area contributed by atoms with Crippen LogP contribution in [0.5, 0.6) is 0 Å². The number of carbonyl (C=O) groups is 4. The predicted octanol–water partition coefficient (Wildman–Crippen LogP) is 0.0569. The van der Waals surface area contributed by atoms with E-state index in [2.05, 4.69) is 14.2 Å². The molecular weight excluding hydrogens is 272 g/mol. The van der Waals surface area contributed by atoms with E-state index in [0.29, 0.717) is 0 Å². The van der Waals surface area contributed by atoms with Crippen LogP contribution in [0.3, 0.4) is 0 Å². The van der Waals surface area contributed by atoms with Crippen LogP contribution in [-0.4, -0.2) is 48.6 Å². The van der Waals surface area contributed by atoms with Gasteiger partial charge in [0.1, 0.15) is 0 Å². The molecule has 0 spiro atoms. The van der Waals surface area contributed by atoms with Gasteiger partial charge in [0, 0.05) is 0 Å². The molecule has 0 unspecified atom stereocenters. The smallest absolute Gasteiger partial charge is 0.380 e. The lowest BCUT2D eigenvalue weighted by atomic mass is 10.1. The highest BCUT2D eigenvalue weighted by atomic mass is 16.6. The summed E-state index contributed by atoms with van der Waals surface area (Å²) in [6, 6.07) is 0. The molecule has 0 aliphatic carbocycles. The van der Waals surface area contributed by atoms with Crippen molar-refractivity contribution < 1.29 is 38.5 Å². The quantitative estimate of drug-likeness (QED) is 0.133. The van der Waals surface area contributed by atoms with Crippen molar-refractivity contribution in [2.45, 2.75) is 20.8 Å². The molecule has 0 radical (unpaired) electrons. The summed E-state index contributed by atoms with van der Waals surface area (Å²) in [5.74, 6) is -6.77. The summed E-state index contributed by atoms with van der Waals surface area (Å²) in [5.41, 5.74) is -1.11. The second kappa shape index (κ2) is 8.68. The third-order valence-corrected chi connectivity index (χ3v) is 1.87. The number of aliphatic hydroxyl groups excluding tert-OH is 1. The first kappa shape index (κ1) is 17.6. The molecule has 0 fully saturated rings. The number of Topliss-reactive ketones (excluding diaryl/α,β-unsaturated/α-hetero) is 1. The molecule has 0 heterocycles. The Hall–Kier alpha value is -2.38.